The minimum atomic E-state index is -0.359. The summed E-state index contributed by atoms with van der Waals surface area (Å²) in [6.45, 7) is 10.8. The first-order chi connectivity index (χ1) is 8.68. The first-order valence-electron chi connectivity index (χ1n) is 6.56. The van der Waals surface area contributed by atoms with Gasteiger partial charge in [-0.2, -0.15) is 0 Å². The molecule has 0 saturated carbocycles. The van der Waals surface area contributed by atoms with Crippen LogP contribution >= 0.6 is 12.6 Å². The molecule has 0 amide bonds. The molecule has 1 saturated heterocycles. The fourth-order valence-corrected chi connectivity index (χ4v) is 2.50. The Labute approximate surface area is 121 Å². The van der Waals surface area contributed by atoms with Crippen molar-refractivity contribution in [1.29, 1.82) is 0 Å². The molecule has 1 aliphatic heterocycles. The lowest BCUT2D eigenvalue weighted by Crippen LogP contribution is -2.41. The number of thiol groups is 1. The molecular weight excluding hydrogens is 257 g/mol. The monoisotopic (exact) mass is 279 g/mol. The Morgan fingerprint density at radius 2 is 1.68 bits per heavy atom. The highest BCUT2D eigenvalue weighted by Crippen LogP contribution is 2.36. The molecule has 3 nitrogen and oxygen atoms in total. The molecule has 1 aromatic carbocycles. The molecule has 1 aromatic rings. The third-order valence-corrected chi connectivity index (χ3v) is 4.53. The highest BCUT2D eigenvalue weighted by atomic mass is 32.1. The second-order valence-electron chi connectivity index (χ2n) is 6.11. The quantitative estimate of drug-likeness (QED) is 0.643. The van der Waals surface area contributed by atoms with Gasteiger partial charge in [-0.1, -0.05) is 0 Å². The maximum Gasteiger partial charge on any atom is 0.495 e. The minimum Gasteiger partial charge on any atom is -0.399 e. The van der Waals surface area contributed by atoms with Gasteiger partial charge >= 0.3 is 7.12 Å². The maximum absolute atomic E-state index is 6.09. The molecule has 104 valence electrons. The summed E-state index contributed by atoms with van der Waals surface area (Å²) in [5.41, 5.74) is 8.34. The normalized spacial score (nSPS) is 20.9. The SMILES string of the molecule is Cc1c(CN)cc(S)cc1B1OC(C)(C)C(C)(C)O1. The molecule has 0 atom stereocenters. The van der Waals surface area contributed by atoms with Gasteiger partial charge < -0.3 is 15.0 Å². The molecule has 2 rings (SSSR count). The average Bonchev–Trinajstić information content (AvgIpc) is 2.50. The largest absolute Gasteiger partial charge is 0.495 e. The Kier molecular flexibility index (Phi) is 3.78. The summed E-state index contributed by atoms with van der Waals surface area (Å²) in [7, 11) is -0.359. The van der Waals surface area contributed by atoms with Crippen LogP contribution in [0.3, 0.4) is 0 Å². The van der Waals surface area contributed by atoms with Crippen molar-refractivity contribution in [3.63, 3.8) is 0 Å². The summed E-state index contributed by atoms with van der Waals surface area (Å²) in [6.07, 6.45) is 0. The highest BCUT2D eigenvalue weighted by Gasteiger charge is 2.52. The van der Waals surface area contributed by atoms with Gasteiger partial charge in [-0.3, -0.25) is 0 Å². The maximum atomic E-state index is 6.09. The predicted octanol–water partition coefficient (Wildman–Crippen LogP) is 2.04. The molecule has 19 heavy (non-hydrogen) atoms. The molecule has 0 aliphatic carbocycles. The van der Waals surface area contributed by atoms with Gasteiger partial charge in [0.05, 0.1) is 11.2 Å². The molecule has 0 unspecified atom stereocenters. The van der Waals surface area contributed by atoms with E-state index in [4.69, 9.17) is 15.0 Å². The molecule has 0 spiro atoms. The van der Waals surface area contributed by atoms with Crippen LogP contribution in [0.5, 0.6) is 0 Å². The molecule has 0 bridgehead atoms. The fraction of sp³-hybridized carbons (Fsp3) is 0.571. The minimum absolute atomic E-state index is 0.334. The standard InChI is InChI=1S/C14H22BNO2S/c1-9-10(8-16)6-11(19)7-12(9)15-17-13(2,3)14(4,5)18-15/h6-7,19H,8,16H2,1-5H3. The zero-order valence-electron chi connectivity index (χ0n) is 12.3. The van der Waals surface area contributed by atoms with E-state index >= 15 is 0 Å². The average molecular weight is 279 g/mol. The van der Waals surface area contributed by atoms with Crippen LogP contribution < -0.4 is 11.2 Å². The second kappa shape index (κ2) is 4.81. The summed E-state index contributed by atoms with van der Waals surface area (Å²) >= 11 is 4.44. The highest BCUT2D eigenvalue weighted by molar-refractivity contribution is 7.80. The summed E-state index contributed by atoms with van der Waals surface area (Å²) < 4.78 is 12.2. The molecule has 1 aliphatic rings. The van der Waals surface area contributed by atoms with Crippen LogP contribution in [0.1, 0.15) is 38.8 Å². The number of benzene rings is 1. The number of nitrogens with two attached hydrogens (primary N) is 1. The number of hydrogen-bond acceptors (Lipinski definition) is 4. The smallest absolute Gasteiger partial charge is 0.399 e. The molecule has 0 radical (unpaired) electrons. The molecule has 0 aromatic heterocycles. The van der Waals surface area contributed by atoms with E-state index in [2.05, 4.69) is 47.2 Å². The van der Waals surface area contributed by atoms with Crippen LogP contribution in [0.2, 0.25) is 0 Å². The Hall–Kier alpha value is -0.485. The summed E-state index contributed by atoms with van der Waals surface area (Å²) in [5, 5.41) is 0. The topological polar surface area (TPSA) is 44.5 Å². The molecular formula is C14H22BNO2S. The van der Waals surface area contributed by atoms with E-state index in [1.807, 2.05) is 12.1 Å². The molecule has 5 heteroatoms. The van der Waals surface area contributed by atoms with Crippen LogP contribution in [0, 0.1) is 6.92 Å². The lowest BCUT2D eigenvalue weighted by Gasteiger charge is -2.32. The zero-order chi connectivity index (χ0) is 14.4. The number of hydrogen-bond donors (Lipinski definition) is 2. The Balaban J connectivity index is 2.42. The third-order valence-electron chi connectivity index (χ3n) is 4.27. The van der Waals surface area contributed by atoms with Crippen LogP contribution in [0.25, 0.3) is 0 Å². The first-order valence-corrected chi connectivity index (χ1v) is 7.01. The van der Waals surface area contributed by atoms with Crippen LogP contribution in [0.15, 0.2) is 17.0 Å². The van der Waals surface area contributed by atoms with E-state index in [9.17, 15) is 0 Å². The van der Waals surface area contributed by atoms with E-state index in [-0.39, 0.29) is 18.3 Å². The van der Waals surface area contributed by atoms with Crippen molar-refractivity contribution in [3.8, 4) is 0 Å². The van der Waals surface area contributed by atoms with E-state index < -0.39 is 0 Å². The van der Waals surface area contributed by atoms with Gasteiger partial charge in [0, 0.05) is 11.4 Å². The van der Waals surface area contributed by atoms with Crippen molar-refractivity contribution in [2.75, 3.05) is 0 Å². The number of rotatable bonds is 2. The zero-order valence-corrected chi connectivity index (χ0v) is 13.2. The van der Waals surface area contributed by atoms with Crippen molar-refractivity contribution in [1.82, 2.24) is 0 Å². The van der Waals surface area contributed by atoms with Gasteiger partial charge in [-0.05, 0) is 63.3 Å². The summed E-state index contributed by atoms with van der Waals surface area (Å²) in [6, 6.07) is 3.99. The van der Waals surface area contributed by atoms with Crippen molar-refractivity contribution in [2.45, 2.75) is 57.3 Å². The Morgan fingerprint density at radius 3 is 2.16 bits per heavy atom. The van der Waals surface area contributed by atoms with E-state index in [1.165, 1.54) is 0 Å². The fourth-order valence-electron chi connectivity index (χ4n) is 2.21. The lowest BCUT2D eigenvalue weighted by atomic mass is 9.75. The molecule has 1 heterocycles. The Morgan fingerprint density at radius 1 is 1.16 bits per heavy atom. The third kappa shape index (κ3) is 2.57. The van der Waals surface area contributed by atoms with Gasteiger partial charge in [0.2, 0.25) is 0 Å². The Bertz CT molecular complexity index is 486. The van der Waals surface area contributed by atoms with E-state index in [1.54, 1.807) is 0 Å². The van der Waals surface area contributed by atoms with Crippen LogP contribution in [-0.2, 0) is 15.9 Å². The molecule has 1 fully saturated rings. The van der Waals surface area contributed by atoms with Crippen molar-refractivity contribution in [3.05, 3.63) is 23.3 Å². The lowest BCUT2D eigenvalue weighted by molar-refractivity contribution is 0.00578. The van der Waals surface area contributed by atoms with Crippen molar-refractivity contribution < 1.29 is 9.31 Å². The summed E-state index contributed by atoms with van der Waals surface area (Å²) in [4.78, 5) is 0.885. The first kappa shape index (κ1) is 14.9. The van der Waals surface area contributed by atoms with Gasteiger partial charge in [0.1, 0.15) is 0 Å². The van der Waals surface area contributed by atoms with E-state index in [0.717, 1.165) is 21.5 Å². The van der Waals surface area contributed by atoms with Crippen LogP contribution in [0.4, 0.5) is 0 Å². The summed E-state index contributed by atoms with van der Waals surface area (Å²) in [5.74, 6) is 0. The van der Waals surface area contributed by atoms with Crippen LogP contribution in [-0.4, -0.2) is 18.3 Å². The predicted molar refractivity (Wildman–Crippen MR) is 82.0 cm³/mol. The second-order valence-corrected chi connectivity index (χ2v) is 6.63. The van der Waals surface area contributed by atoms with Gasteiger partial charge in [0.15, 0.2) is 0 Å². The van der Waals surface area contributed by atoms with Gasteiger partial charge in [0.25, 0.3) is 0 Å². The van der Waals surface area contributed by atoms with Gasteiger partial charge in [-0.15, -0.1) is 12.6 Å². The van der Waals surface area contributed by atoms with Crippen molar-refractivity contribution in [2.24, 2.45) is 5.73 Å². The molecule has 2 N–H and O–H groups in total. The van der Waals surface area contributed by atoms with Gasteiger partial charge in [-0.25, -0.2) is 0 Å². The van der Waals surface area contributed by atoms with Crippen molar-refractivity contribution >= 4 is 25.2 Å². The van der Waals surface area contributed by atoms with E-state index in [0.29, 0.717) is 6.54 Å².